The highest BCUT2D eigenvalue weighted by molar-refractivity contribution is 6.41. The number of aromatic nitrogens is 3. The Bertz CT molecular complexity index is 1270. The Morgan fingerprint density at radius 3 is 2.20 bits per heavy atom. The second-order valence-electron chi connectivity index (χ2n) is 9.12. The normalized spacial score (nSPS) is 16.2. The monoisotopic (exact) mass is 591 g/mol. The van der Waals surface area contributed by atoms with Crippen LogP contribution in [0, 0.1) is 5.92 Å². The number of pyridine rings is 1. The summed E-state index contributed by atoms with van der Waals surface area (Å²) in [5.41, 5.74) is 13.0. The average molecular weight is 593 g/mol. The number of carbonyl (C=O) groups excluding carboxylic acids is 1. The summed E-state index contributed by atoms with van der Waals surface area (Å²) in [6.45, 7) is 6.54. The number of anilines is 1. The maximum atomic E-state index is 9.47. The van der Waals surface area contributed by atoms with Gasteiger partial charge in [-0.25, -0.2) is 9.97 Å². The van der Waals surface area contributed by atoms with Crippen LogP contribution in [-0.2, 0) is 20.7 Å². The minimum atomic E-state index is -0.481. The van der Waals surface area contributed by atoms with E-state index in [1.807, 2.05) is 6.07 Å². The van der Waals surface area contributed by atoms with Crippen molar-refractivity contribution in [3.8, 4) is 22.8 Å². The summed E-state index contributed by atoms with van der Waals surface area (Å²) in [5, 5.41) is 1.51. The largest absolute Gasteiger partial charge is 0.495 e. The Morgan fingerprint density at radius 2 is 1.73 bits per heavy atom. The standard InChI is InChI=1S/C20H20Cl2N4O3.C5H10O.C3H5NO/c1-27-14-7-15(28-2)18(22)16(17(14)21)12-6-11-8-24-20(23)26-19(11)13(25-12)5-10-3-4-29-9-10;1-2-4-6-5-3-1;1-2-3(4)5/h6-8,10H,3-5,9H2,1-2H3,(H2,23,24,26);1-5H2;2H,1H2,(H2,4,5). The smallest absolute Gasteiger partial charge is 0.240 e. The Balaban J connectivity index is 0.000000336. The van der Waals surface area contributed by atoms with Crippen molar-refractivity contribution in [2.24, 2.45) is 11.7 Å². The van der Waals surface area contributed by atoms with E-state index < -0.39 is 5.91 Å². The first-order chi connectivity index (χ1) is 19.3. The lowest BCUT2D eigenvalue weighted by Gasteiger charge is -2.16. The Morgan fingerprint density at radius 1 is 1.07 bits per heavy atom. The zero-order chi connectivity index (χ0) is 29.1. The van der Waals surface area contributed by atoms with Crippen molar-refractivity contribution in [3.05, 3.63) is 46.7 Å². The second kappa shape index (κ2) is 15.6. The molecular weight excluding hydrogens is 557 g/mol. The third-order valence-electron chi connectivity index (χ3n) is 6.27. The van der Waals surface area contributed by atoms with Gasteiger partial charge in [0.2, 0.25) is 11.9 Å². The van der Waals surface area contributed by atoms with Crippen molar-refractivity contribution in [1.29, 1.82) is 0 Å². The van der Waals surface area contributed by atoms with E-state index in [1.165, 1.54) is 33.5 Å². The highest BCUT2D eigenvalue weighted by atomic mass is 35.5. The number of methoxy groups -OCH3 is 2. The number of ether oxygens (including phenoxy) is 4. The van der Waals surface area contributed by atoms with Crippen LogP contribution < -0.4 is 20.9 Å². The molecule has 4 N–H and O–H groups in total. The van der Waals surface area contributed by atoms with E-state index in [-0.39, 0.29) is 5.95 Å². The SMILES string of the molecule is C1CCOCC1.C=CC(N)=O.COc1cc(OC)c(Cl)c(-c2cc3cnc(N)nc3c(CC3CCOC3)n2)c1Cl. The van der Waals surface area contributed by atoms with Crippen molar-refractivity contribution in [2.45, 2.75) is 32.1 Å². The number of nitrogens with two attached hydrogens (primary N) is 2. The number of nitrogen functional groups attached to an aromatic ring is 1. The molecule has 2 aliphatic heterocycles. The van der Waals surface area contributed by atoms with E-state index in [0.717, 1.165) is 48.9 Å². The molecule has 0 bridgehead atoms. The maximum absolute atomic E-state index is 9.47. The molecule has 0 spiro atoms. The number of rotatable bonds is 6. The van der Waals surface area contributed by atoms with Gasteiger partial charge < -0.3 is 30.4 Å². The van der Waals surface area contributed by atoms with E-state index in [9.17, 15) is 4.79 Å². The fourth-order valence-electron chi connectivity index (χ4n) is 4.21. The zero-order valence-electron chi connectivity index (χ0n) is 22.8. The molecule has 1 unspecified atom stereocenters. The summed E-state index contributed by atoms with van der Waals surface area (Å²) >= 11 is 13.2. The van der Waals surface area contributed by atoms with Gasteiger partial charge in [0.1, 0.15) is 11.5 Å². The summed E-state index contributed by atoms with van der Waals surface area (Å²) in [7, 11) is 3.07. The third kappa shape index (κ3) is 8.41. The Labute approximate surface area is 244 Å². The van der Waals surface area contributed by atoms with Gasteiger partial charge in [0.25, 0.3) is 0 Å². The van der Waals surface area contributed by atoms with Crippen molar-refractivity contribution in [2.75, 3.05) is 46.4 Å². The van der Waals surface area contributed by atoms with Gasteiger partial charge in [-0.05, 0) is 50.2 Å². The first-order valence-electron chi connectivity index (χ1n) is 12.9. The van der Waals surface area contributed by atoms with Gasteiger partial charge in [-0.2, -0.15) is 0 Å². The number of amides is 1. The number of hydrogen-bond donors (Lipinski definition) is 2. The lowest BCUT2D eigenvalue weighted by Crippen LogP contribution is -2.08. The number of carbonyl (C=O) groups is 1. The van der Waals surface area contributed by atoms with E-state index in [4.69, 9.17) is 52.9 Å². The van der Waals surface area contributed by atoms with Crippen LogP contribution in [0.3, 0.4) is 0 Å². The Hall–Kier alpha value is -3.18. The van der Waals surface area contributed by atoms with Crippen LogP contribution in [0.1, 0.15) is 31.4 Å². The number of nitrogens with zero attached hydrogens (tertiary/aromatic N) is 3. The molecule has 10 nitrogen and oxygen atoms in total. The Kier molecular flexibility index (Phi) is 12.2. The van der Waals surface area contributed by atoms with Gasteiger partial charge in [-0.1, -0.05) is 29.8 Å². The molecule has 40 heavy (non-hydrogen) atoms. The van der Waals surface area contributed by atoms with Crippen LogP contribution in [0.25, 0.3) is 22.2 Å². The second-order valence-corrected chi connectivity index (χ2v) is 9.87. The average Bonchev–Trinajstić information content (AvgIpc) is 3.48. The number of primary amides is 1. The molecule has 1 aromatic carbocycles. The summed E-state index contributed by atoms with van der Waals surface area (Å²) < 4.78 is 21.4. The quantitative estimate of drug-likeness (QED) is 0.377. The number of hydrogen-bond acceptors (Lipinski definition) is 9. The zero-order valence-corrected chi connectivity index (χ0v) is 24.3. The molecule has 2 aliphatic rings. The molecule has 1 atom stereocenters. The number of fused-ring (bicyclic) bond motifs is 1. The van der Waals surface area contributed by atoms with E-state index in [0.29, 0.717) is 51.7 Å². The minimum absolute atomic E-state index is 0.204. The molecule has 5 rings (SSSR count). The van der Waals surface area contributed by atoms with Crippen molar-refractivity contribution in [3.63, 3.8) is 0 Å². The lowest BCUT2D eigenvalue weighted by molar-refractivity contribution is -0.113. The predicted molar refractivity (Wildman–Crippen MR) is 157 cm³/mol. The molecule has 12 heteroatoms. The first kappa shape index (κ1) is 31.3. The summed E-state index contributed by atoms with van der Waals surface area (Å²) in [5.74, 6) is 0.983. The van der Waals surface area contributed by atoms with Crippen LogP contribution in [-0.4, -0.2) is 61.5 Å². The van der Waals surface area contributed by atoms with Crippen LogP contribution in [0.5, 0.6) is 11.5 Å². The highest BCUT2D eigenvalue weighted by Gasteiger charge is 2.23. The van der Waals surface area contributed by atoms with Crippen LogP contribution in [0.4, 0.5) is 5.95 Å². The molecule has 216 valence electrons. The molecule has 4 heterocycles. The van der Waals surface area contributed by atoms with Crippen LogP contribution in [0.15, 0.2) is 31.0 Å². The molecule has 0 radical (unpaired) electrons. The van der Waals surface area contributed by atoms with Crippen molar-refractivity contribution in [1.82, 2.24) is 15.0 Å². The van der Waals surface area contributed by atoms with Crippen LogP contribution in [0.2, 0.25) is 10.0 Å². The highest BCUT2D eigenvalue weighted by Crippen LogP contribution is 2.46. The molecule has 2 fully saturated rings. The molecule has 2 aromatic heterocycles. The fraction of sp³-hybridized carbons (Fsp3) is 0.429. The molecule has 0 aliphatic carbocycles. The van der Waals surface area contributed by atoms with Gasteiger partial charge in [0.05, 0.1) is 41.2 Å². The third-order valence-corrected chi connectivity index (χ3v) is 7.02. The molecular formula is C28H35Cl2N5O5. The summed E-state index contributed by atoms with van der Waals surface area (Å²) in [6.07, 6.45) is 8.34. The molecule has 3 aromatic rings. The van der Waals surface area contributed by atoms with Gasteiger partial charge >= 0.3 is 0 Å². The van der Waals surface area contributed by atoms with Gasteiger partial charge in [-0.15, -0.1) is 0 Å². The predicted octanol–water partition coefficient (Wildman–Crippen LogP) is 5.02. The fourth-order valence-corrected chi connectivity index (χ4v) is 4.90. The number of benzene rings is 1. The van der Waals surface area contributed by atoms with Crippen molar-refractivity contribution < 1.29 is 23.7 Å². The maximum Gasteiger partial charge on any atom is 0.240 e. The van der Waals surface area contributed by atoms with Crippen LogP contribution >= 0.6 is 23.2 Å². The summed E-state index contributed by atoms with van der Waals surface area (Å²) in [6, 6.07) is 3.49. The van der Waals surface area contributed by atoms with E-state index in [2.05, 4.69) is 22.3 Å². The van der Waals surface area contributed by atoms with E-state index in [1.54, 1.807) is 12.3 Å². The molecule has 1 amide bonds. The first-order valence-corrected chi connectivity index (χ1v) is 13.6. The van der Waals surface area contributed by atoms with Crippen molar-refractivity contribution >= 4 is 46.0 Å². The molecule has 2 saturated heterocycles. The van der Waals surface area contributed by atoms with Gasteiger partial charge in [0, 0.05) is 49.6 Å². The topological polar surface area (TPSA) is 145 Å². The van der Waals surface area contributed by atoms with E-state index >= 15 is 0 Å². The summed E-state index contributed by atoms with van der Waals surface area (Å²) in [4.78, 5) is 22.9. The minimum Gasteiger partial charge on any atom is -0.495 e. The number of halogens is 2. The molecule has 0 saturated carbocycles. The van der Waals surface area contributed by atoms with Gasteiger partial charge in [0.15, 0.2) is 0 Å². The lowest BCUT2D eigenvalue weighted by atomic mass is 9.99. The van der Waals surface area contributed by atoms with Gasteiger partial charge in [-0.3, -0.25) is 9.78 Å².